The van der Waals surface area contributed by atoms with Gasteiger partial charge in [-0.05, 0) is 46.2 Å². The zero-order valence-electron chi connectivity index (χ0n) is 11.1. The molecule has 0 aromatic heterocycles. The van der Waals surface area contributed by atoms with Crippen LogP contribution < -0.4 is 5.32 Å². The lowest BCUT2D eigenvalue weighted by Crippen LogP contribution is -2.23. The van der Waals surface area contributed by atoms with Gasteiger partial charge in [-0.3, -0.25) is 0 Å². The largest absolute Gasteiger partial charge is 0.306 e. The third-order valence-electron chi connectivity index (χ3n) is 3.06. The molecule has 0 saturated heterocycles. The van der Waals surface area contributed by atoms with Crippen molar-refractivity contribution in [3.8, 4) is 0 Å². The minimum Gasteiger partial charge on any atom is -0.306 e. The van der Waals surface area contributed by atoms with Crippen molar-refractivity contribution in [3.63, 3.8) is 0 Å². The Kier molecular flexibility index (Phi) is 5.30. The Labute approximate surface area is 134 Å². The molecular weight excluding hydrogens is 367 g/mol. The molecule has 112 valence electrons. The quantitative estimate of drug-likeness (QED) is 0.719. The Morgan fingerprint density at radius 2 is 1.76 bits per heavy atom. The van der Waals surface area contributed by atoms with E-state index in [-0.39, 0.29) is 9.50 Å². The summed E-state index contributed by atoms with van der Waals surface area (Å²) in [4.78, 5) is 0. The first-order valence-electron chi connectivity index (χ1n) is 6.27. The number of benzene rings is 2. The Balaban J connectivity index is 2.56. The van der Waals surface area contributed by atoms with Crippen molar-refractivity contribution in [2.75, 3.05) is 6.54 Å². The fourth-order valence-corrected chi connectivity index (χ4v) is 2.80. The van der Waals surface area contributed by atoms with Crippen LogP contribution in [-0.2, 0) is 0 Å². The van der Waals surface area contributed by atoms with Crippen molar-refractivity contribution < 1.29 is 13.2 Å². The standard InChI is InChI=1S/C15H12BrClF3N/c1-2-21-15(9-4-3-8(17)7-12(9)19)10-5-6-11(18)14(20)13(10)16/h3-7,15,21H,2H2,1H3. The van der Waals surface area contributed by atoms with Crippen molar-refractivity contribution in [1.29, 1.82) is 0 Å². The smallest absolute Gasteiger partial charge is 0.173 e. The monoisotopic (exact) mass is 377 g/mol. The zero-order chi connectivity index (χ0) is 15.6. The highest BCUT2D eigenvalue weighted by atomic mass is 79.9. The number of hydrogen-bond acceptors (Lipinski definition) is 1. The molecule has 0 spiro atoms. The van der Waals surface area contributed by atoms with E-state index >= 15 is 0 Å². The minimum atomic E-state index is -0.996. The lowest BCUT2D eigenvalue weighted by atomic mass is 9.98. The van der Waals surface area contributed by atoms with E-state index in [1.807, 2.05) is 6.92 Å². The Hall–Kier alpha value is -1.04. The van der Waals surface area contributed by atoms with Crippen molar-refractivity contribution in [2.24, 2.45) is 0 Å². The second-order valence-corrected chi connectivity index (χ2v) is 5.65. The molecule has 0 heterocycles. The van der Waals surface area contributed by atoms with Crippen molar-refractivity contribution in [2.45, 2.75) is 13.0 Å². The second-order valence-electron chi connectivity index (χ2n) is 4.42. The molecule has 2 aromatic rings. The van der Waals surface area contributed by atoms with Crippen LogP contribution in [0.5, 0.6) is 0 Å². The molecule has 0 fully saturated rings. The van der Waals surface area contributed by atoms with E-state index < -0.39 is 23.5 Å². The maximum absolute atomic E-state index is 14.1. The summed E-state index contributed by atoms with van der Waals surface area (Å²) < 4.78 is 41.0. The number of rotatable bonds is 4. The van der Waals surface area contributed by atoms with Gasteiger partial charge in [0.2, 0.25) is 0 Å². The van der Waals surface area contributed by atoms with Gasteiger partial charge in [-0.1, -0.05) is 30.7 Å². The molecule has 1 unspecified atom stereocenters. The molecule has 1 atom stereocenters. The molecule has 1 N–H and O–H groups in total. The van der Waals surface area contributed by atoms with E-state index in [4.69, 9.17) is 11.6 Å². The highest BCUT2D eigenvalue weighted by molar-refractivity contribution is 9.10. The van der Waals surface area contributed by atoms with Gasteiger partial charge in [-0.2, -0.15) is 0 Å². The summed E-state index contributed by atoms with van der Waals surface area (Å²) in [6.45, 7) is 2.37. The molecule has 0 aliphatic carbocycles. The summed E-state index contributed by atoms with van der Waals surface area (Å²) in [6, 6.07) is 6.10. The highest BCUT2D eigenvalue weighted by Gasteiger charge is 2.22. The van der Waals surface area contributed by atoms with Crippen LogP contribution in [0.1, 0.15) is 24.1 Å². The van der Waals surface area contributed by atoms with Crippen LogP contribution in [0.25, 0.3) is 0 Å². The average molecular weight is 379 g/mol. The van der Waals surface area contributed by atoms with E-state index in [9.17, 15) is 13.2 Å². The summed E-state index contributed by atoms with van der Waals surface area (Å²) in [7, 11) is 0. The topological polar surface area (TPSA) is 12.0 Å². The fraction of sp³-hybridized carbons (Fsp3) is 0.200. The molecule has 21 heavy (non-hydrogen) atoms. The zero-order valence-corrected chi connectivity index (χ0v) is 13.4. The van der Waals surface area contributed by atoms with Gasteiger partial charge in [-0.25, -0.2) is 13.2 Å². The van der Waals surface area contributed by atoms with E-state index in [2.05, 4.69) is 21.2 Å². The average Bonchev–Trinajstić information content (AvgIpc) is 2.44. The van der Waals surface area contributed by atoms with Crippen LogP contribution >= 0.6 is 27.5 Å². The van der Waals surface area contributed by atoms with Crippen LogP contribution in [-0.4, -0.2) is 6.54 Å². The van der Waals surface area contributed by atoms with Gasteiger partial charge in [0.25, 0.3) is 0 Å². The van der Waals surface area contributed by atoms with Crippen molar-refractivity contribution >= 4 is 27.5 Å². The SMILES string of the molecule is CCNC(c1ccc(Cl)cc1F)c1ccc(F)c(F)c1Br. The third-order valence-corrected chi connectivity index (χ3v) is 4.10. The second kappa shape index (κ2) is 6.81. The number of halogens is 5. The molecule has 0 aliphatic rings. The molecule has 0 saturated carbocycles. The predicted octanol–water partition coefficient (Wildman–Crippen LogP) is 5.22. The van der Waals surface area contributed by atoms with Crippen LogP contribution in [0.15, 0.2) is 34.8 Å². The molecule has 2 aromatic carbocycles. The molecule has 2 rings (SSSR count). The van der Waals surface area contributed by atoms with Gasteiger partial charge in [-0.15, -0.1) is 0 Å². The van der Waals surface area contributed by atoms with Gasteiger partial charge in [0.1, 0.15) is 5.82 Å². The first-order chi connectivity index (χ1) is 9.95. The van der Waals surface area contributed by atoms with Gasteiger partial charge in [0.05, 0.1) is 10.5 Å². The third kappa shape index (κ3) is 3.42. The molecule has 0 radical (unpaired) electrons. The Morgan fingerprint density at radius 1 is 1.10 bits per heavy atom. The van der Waals surface area contributed by atoms with Crippen molar-refractivity contribution in [3.05, 3.63) is 68.4 Å². The molecule has 6 heteroatoms. The first kappa shape index (κ1) is 16.3. The highest BCUT2D eigenvalue weighted by Crippen LogP contribution is 2.33. The summed E-state index contributed by atoms with van der Waals surface area (Å²) in [6.07, 6.45) is 0. The first-order valence-corrected chi connectivity index (χ1v) is 7.44. The predicted molar refractivity (Wildman–Crippen MR) is 81.0 cm³/mol. The van der Waals surface area contributed by atoms with E-state index in [1.165, 1.54) is 18.2 Å². The molecule has 0 amide bonds. The summed E-state index contributed by atoms with van der Waals surface area (Å²) in [5.74, 6) is -2.47. The van der Waals surface area contributed by atoms with Crippen LogP contribution in [0.4, 0.5) is 13.2 Å². The van der Waals surface area contributed by atoms with Gasteiger partial charge in [0, 0.05) is 10.6 Å². The maximum Gasteiger partial charge on any atom is 0.173 e. The van der Waals surface area contributed by atoms with Gasteiger partial charge >= 0.3 is 0 Å². The minimum absolute atomic E-state index is 0.0252. The van der Waals surface area contributed by atoms with Gasteiger partial charge < -0.3 is 5.32 Å². The maximum atomic E-state index is 14.1. The number of hydrogen-bond donors (Lipinski definition) is 1. The molecule has 0 aliphatic heterocycles. The molecule has 1 nitrogen and oxygen atoms in total. The van der Waals surface area contributed by atoms with Crippen LogP contribution in [0.2, 0.25) is 5.02 Å². The Morgan fingerprint density at radius 3 is 2.38 bits per heavy atom. The van der Waals surface area contributed by atoms with E-state index in [1.54, 1.807) is 6.07 Å². The summed E-state index contributed by atoms with van der Waals surface area (Å²) in [5, 5.41) is 3.33. The normalized spacial score (nSPS) is 12.5. The summed E-state index contributed by atoms with van der Waals surface area (Å²) in [5.41, 5.74) is 0.727. The fourth-order valence-electron chi connectivity index (χ4n) is 2.09. The lowest BCUT2D eigenvalue weighted by molar-refractivity contribution is 0.496. The summed E-state index contributed by atoms with van der Waals surface area (Å²) >= 11 is 8.78. The molecular formula is C15H12BrClF3N. The van der Waals surface area contributed by atoms with Gasteiger partial charge in [0.15, 0.2) is 11.6 Å². The van der Waals surface area contributed by atoms with E-state index in [0.717, 1.165) is 6.07 Å². The van der Waals surface area contributed by atoms with Crippen LogP contribution in [0.3, 0.4) is 0 Å². The van der Waals surface area contributed by atoms with E-state index in [0.29, 0.717) is 17.7 Å². The van der Waals surface area contributed by atoms with Crippen LogP contribution in [0, 0.1) is 17.5 Å². The Bertz CT molecular complexity index is 664. The lowest BCUT2D eigenvalue weighted by Gasteiger charge is -2.21. The molecule has 0 bridgehead atoms. The number of nitrogens with one attached hydrogen (secondary N) is 1. The van der Waals surface area contributed by atoms with Crippen molar-refractivity contribution in [1.82, 2.24) is 5.32 Å².